The highest BCUT2D eigenvalue weighted by Crippen LogP contribution is 2.22. The molecule has 1 aliphatic rings. The second-order valence-electron chi connectivity index (χ2n) is 4.16. The lowest BCUT2D eigenvalue weighted by Crippen LogP contribution is -2.15. The highest BCUT2D eigenvalue weighted by molar-refractivity contribution is 5.09. The van der Waals surface area contributed by atoms with Crippen LogP contribution in [0.3, 0.4) is 0 Å². The molecule has 0 aromatic carbocycles. The number of nitrogens with one attached hydrogen (secondary N) is 1. The van der Waals surface area contributed by atoms with E-state index in [1.165, 1.54) is 37.2 Å². The Balaban J connectivity index is 2.16. The lowest BCUT2D eigenvalue weighted by Gasteiger charge is -2.17. The van der Waals surface area contributed by atoms with Crippen molar-refractivity contribution in [1.29, 1.82) is 0 Å². The lowest BCUT2D eigenvalue weighted by atomic mass is 10.1. The van der Waals surface area contributed by atoms with Crippen LogP contribution in [0.4, 0.5) is 0 Å². The molecule has 0 spiro atoms. The number of nitrogens with zero attached hydrogens (tertiary/aromatic N) is 2. The van der Waals surface area contributed by atoms with E-state index in [0.717, 1.165) is 6.54 Å². The van der Waals surface area contributed by atoms with Gasteiger partial charge in [-0.15, -0.1) is 0 Å². The molecule has 0 radical (unpaired) electrons. The van der Waals surface area contributed by atoms with Gasteiger partial charge in [0.25, 0.3) is 0 Å². The third-order valence-electron chi connectivity index (χ3n) is 3.23. The summed E-state index contributed by atoms with van der Waals surface area (Å²) < 4.78 is 2.35. The van der Waals surface area contributed by atoms with Gasteiger partial charge >= 0.3 is 0 Å². The van der Waals surface area contributed by atoms with Crippen LogP contribution in [0.1, 0.15) is 36.7 Å². The first-order valence-electron chi connectivity index (χ1n) is 5.50. The first-order chi connectivity index (χ1) is 6.79. The molecule has 1 aromatic rings. The van der Waals surface area contributed by atoms with Crippen molar-refractivity contribution >= 4 is 0 Å². The zero-order chi connectivity index (χ0) is 9.97. The van der Waals surface area contributed by atoms with Gasteiger partial charge in [-0.05, 0) is 46.2 Å². The summed E-state index contributed by atoms with van der Waals surface area (Å²) in [5, 5.41) is 3.44. The molecule has 78 valence electrons. The van der Waals surface area contributed by atoms with Crippen LogP contribution in [0.15, 0.2) is 6.33 Å². The Kier molecular flexibility index (Phi) is 2.87. The minimum absolute atomic E-state index is 0.659. The molecule has 0 amide bonds. The first kappa shape index (κ1) is 9.71. The van der Waals surface area contributed by atoms with Crippen molar-refractivity contribution in [2.75, 3.05) is 13.1 Å². The van der Waals surface area contributed by atoms with E-state index in [1.54, 1.807) is 0 Å². The van der Waals surface area contributed by atoms with E-state index in [-0.39, 0.29) is 0 Å². The molecule has 3 nitrogen and oxygen atoms in total. The molecule has 0 saturated carbocycles. The molecule has 1 atom stereocenters. The molecular weight excluding hydrogens is 174 g/mol. The van der Waals surface area contributed by atoms with Gasteiger partial charge in [-0.1, -0.05) is 0 Å². The van der Waals surface area contributed by atoms with E-state index in [1.807, 2.05) is 6.33 Å². The molecule has 0 bridgehead atoms. The predicted octanol–water partition coefficient (Wildman–Crippen LogP) is 1.81. The summed E-state index contributed by atoms with van der Waals surface area (Å²) in [7, 11) is 0. The average molecular weight is 193 g/mol. The van der Waals surface area contributed by atoms with Crippen molar-refractivity contribution in [1.82, 2.24) is 14.9 Å². The number of aromatic nitrogens is 2. The Hall–Kier alpha value is -0.830. The fourth-order valence-corrected chi connectivity index (χ4v) is 2.16. The van der Waals surface area contributed by atoms with Crippen LogP contribution in [0, 0.1) is 13.8 Å². The van der Waals surface area contributed by atoms with Gasteiger partial charge in [-0.2, -0.15) is 0 Å². The van der Waals surface area contributed by atoms with Gasteiger partial charge in [0.2, 0.25) is 0 Å². The monoisotopic (exact) mass is 193 g/mol. The number of imidazole rings is 1. The fourth-order valence-electron chi connectivity index (χ4n) is 2.16. The van der Waals surface area contributed by atoms with E-state index in [4.69, 9.17) is 0 Å². The Labute approximate surface area is 85.5 Å². The molecule has 1 aliphatic heterocycles. The van der Waals surface area contributed by atoms with Crippen LogP contribution < -0.4 is 5.32 Å². The third-order valence-corrected chi connectivity index (χ3v) is 3.23. The summed E-state index contributed by atoms with van der Waals surface area (Å²) in [6.45, 7) is 6.56. The molecule has 2 heterocycles. The zero-order valence-corrected chi connectivity index (χ0v) is 9.08. The summed E-state index contributed by atoms with van der Waals surface area (Å²) in [4.78, 5) is 4.36. The molecule has 1 fully saturated rings. The zero-order valence-electron chi connectivity index (χ0n) is 9.08. The summed E-state index contributed by atoms with van der Waals surface area (Å²) >= 11 is 0. The lowest BCUT2D eigenvalue weighted by molar-refractivity contribution is 0.446. The minimum atomic E-state index is 0.659. The van der Waals surface area contributed by atoms with Crippen LogP contribution in [-0.4, -0.2) is 22.6 Å². The molecule has 2 rings (SSSR count). The average Bonchev–Trinajstić information content (AvgIpc) is 2.47. The summed E-state index contributed by atoms with van der Waals surface area (Å²) in [6, 6.07) is 0.659. The molecule has 1 aromatic heterocycles. The number of hydrogen-bond acceptors (Lipinski definition) is 2. The standard InChI is InChI=1S/C11H19N3/c1-9-10(2)14(8-13-9)11-4-3-6-12-7-5-11/h8,11-12H,3-7H2,1-2H3. The van der Waals surface area contributed by atoms with E-state index in [2.05, 4.69) is 28.7 Å². The van der Waals surface area contributed by atoms with Gasteiger partial charge in [-0.25, -0.2) is 4.98 Å². The van der Waals surface area contributed by atoms with Gasteiger partial charge in [0.15, 0.2) is 0 Å². The van der Waals surface area contributed by atoms with Crippen LogP contribution in [-0.2, 0) is 0 Å². The van der Waals surface area contributed by atoms with E-state index in [9.17, 15) is 0 Å². The highest BCUT2D eigenvalue weighted by Gasteiger charge is 2.15. The summed E-state index contributed by atoms with van der Waals surface area (Å²) in [5.41, 5.74) is 2.50. The second-order valence-corrected chi connectivity index (χ2v) is 4.16. The van der Waals surface area contributed by atoms with Gasteiger partial charge < -0.3 is 9.88 Å². The van der Waals surface area contributed by atoms with E-state index >= 15 is 0 Å². The highest BCUT2D eigenvalue weighted by atomic mass is 15.1. The maximum absolute atomic E-state index is 4.36. The molecule has 0 aliphatic carbocycles. The Morgan fingerprint density at radius 2 is 2.21 bits per heavy atom. The smallest absolute Gasteiger partial charge is 0.0954 e. The van der Waals surface area contributed by atoms with Crippen molar-refractivity contribution in [2.45, 2.75) is 39.2 Å². The minimum Gasteiger partial charge on any atom is -0.332 e. The number of hydrogen-bond donors (Lipinski definition) is 1. The van der Waals surface area contributed by atoms with Crippen LogP contribution in [0.25, 0.3) is 0 Å². The van der Waals surface area contributed by atoms with Gasteiger partial charge in [0.1, 0.15) is 0 Å². The largest absolute Gasteiger partial charge is 0.332 e. The van der Waals surface area contributed by atoms with Gasteiger partial charge in [0.05, 0.1) is 12.0 Å². The Morgan fingerprint density at radius 3 is 2.93 bits per heavy atom. The SMILES string of the molecule is Cc1ncn(C2CCCNCC2)c1C. The molecule has 1 saturated heterocycles. The number of aryl methyl sites for hydroxylation is 1. The summed E-state index contributed by atoms with van der Waals surface area (Å²) in [5.74, 6) is 0. The quantitative estimate of drug-likeness (QED) is 0.737. The molecule has 1 unspecified atom stereocenters. The third kappa shape index (κ3) is 1.82. The van der Waals surface area contributed by atoms with Gasteiger partial charge in [-0.3, -0.25) is 0 Å². The molecule has 3 heteroatoms. The Morgan fingerprint density at radius 1 is 1.36 bits per heavy atom. The maximum Gasteiger partial charge on any atom is 0.0954 e. The van der Waals surface area contributed by atoms with E-state index in [0.29, 0.717) is 6.04 Å². The predicted molar refractivity (Wildman–Crippen MR) is 57.5 cm³/mol. The van der Waals surface area contributed by atoms with E-state index < -0.39 is 0 Å². The molecule has 14 heavy (non-hydrogen) atoms. The van der Waals surface area contributed by atoms with Crippen molar-refractivity contribution < 1.29 is 0 Å². The first-order valence-corrected chi connectivity index (χ1v) is 5.50. The van der Waals surface area contributed by atoms with Crippen LogP contribution >= 0.6 is 0 Å². The van der Waals surface area contributed by atoms with Crippen LogP contribution in [0.5, 0.6) is 0 Å². The van der Waals surface area contributed by atoms with Crippen molar-refractivity contribution in [3.63, 3.8) is 0 Å². The Bertz CT molecular complexity index is 295. The van der Waals surface area contributed by atoms with Crippen LogP contribution in [0.2, 0.25) is 0 Å². The second kappa shape index (κ2) is 4.13. The molecule has 1 N–H and O–H groups in total. The van der Waals surface area contributed by atoms with Crippen molar-refractivity contribution in [3.05, 3.63) is 17.7 Å². The van der Waals surface area contributed by atoms with Gasteiger partial charge in [0, 0.05) is 11.7 Å². The maximum atomic E-state index is 4.36. The fraction of sp³-hybridized carbons (Fsp3) is 0.727. The van der Waals surface area contributed by atoms with Crippen molar-refractivity contribution in [3.8, 4) is 0 Å². The topological polar surface area (TPSA) is 29.9 Å². The van der Waals surface area contributed by atoms with Crippen molar-refractivity contribution in [2.24, 2.45) is 0 Å². The number of rotatable bonds is 1. The normalized spacial score (nSPS) is 23.4. The summed E-state index contributed by atoms with van der Waals surface area (Å²) in [6.07, 6.45) is 5.79. The molecular formula is C11H19N3.